The number of carbonyl (C=O) groups excluding carboxylic acids is 3. The van der Waals surface area contributed by atoms with Crippen LogP contribution in [0.15, 0.2) is 94.7 Å². The van der Waals surface area contributed by atoms with E-state index in [2.05, 4.69) is 128 Å². The Kier molecular flexibility index (Phi) is 39.0. The van der Waals surface area contributed by atoms with Crippen molar-refractivity contribution in [1.29, 1.82) is 0 Å². The summed E-state index contributed by atoms with van der Waals surface area (Å²) in [6, 6.07) is 15.3. The minimum absolute atomic E-state index is 0. The van der Waals surface area contributed by atoms with Crippen LogP contribution in [0.2, 0.25) is 0 Å². The van der Waals surface area contributed by atoms with E-state index in [1.807, 2.05) is 69.7 Å². The van der Waals surface area contributed by atoms with Gasteiger partial charge in [0.2, 0.25) is 0 Å². The molecule has 4 heterocycles. The molecule has 4 aliphatic heterocycles. The second-order valence-corrected chi connectivity index (χ2v) is 19.7. The maximum absolute atomic E-state index is 12.3. The molecule has 2 fully saturated rings. The van der Waals surface area contributed by atoms with Crippen LogP contribution in [0.25, 0.3) is 0 Å². The molecule has 0 bridgehead atoms. The Hall–Kier alpha value is -1.51. The SMILES string of the molecule is CC.CC([C-]=CC1=[C-]NC=C/C1=C1\C=CC(N)=NC1)N1CCC(c2ccc([C-]=O)cc2)CC1.CNOC(C)C(C)CCC=O.[CH2-]CC(C[CH2-])CN1CCN(Cc2ccc(C)c(C(C)(CC)C(C)=O)c2)CC1C.[CH3-].[K+].[K+]. The molecule has 4 N–H and O–H groups in total. The quantitative estimate of drug-likeness (QED) is 0.0752. The minimum Gasteiger partial charge on any atom is -0.463 e. The van der Waals surface area contributed by atoms with Gasteiger partial charge in [0, 0.05) is 45.7 Å². The van der Waals surface area contributed by atoms with Gasteiger partial charge in [0.15, 0.2) is 0 Å². The van der Waals surface area contributed by atoms with E-state index in [-0.39, 0.29) is 134 Å². The molecular formula is C62H93K2N7O4-4. The van der Waals surface area contributed by atoms with Crippen molar-refractivity contribution in [2.24, 2.45) is 22.6 Å². The second kappa shape index (κ2) is 39.8. The topological polar surface area (TPSA) is 133 Å². The number of allylic oxidation sites excluding steroid dienone is 4. The molecule has 0 saturated carbocycles. The van der Waals surface area contributed by atoms with Gasteiger partial charge in [-0.1, -0.05) is 88.2 Å². The number of hydrogen-bond donors (Lipinski definition) is 3. The first-order valence-electron chi connectivity index (χ1n) is 26.6. The zero-order valence-electron chi connectivity index (χ0n) is 49.0. The largest absolute Gasteiger partial charge is 1.00 e. The van der Waals surface area contributed by atoms with Crippen LogP contribution in [-0.2, 0) is 31.2 Å². The Morgan fingerprint density at radius 3 is 2.25 bits per heavy atom. The zero-order valence-corrected chi connectivity index (χ0v) is 55.2. The summed E-state index contributed by atoms with van der Waals surface area (Å²) in [5.74, 6) is 2.38. The molecule has 2 aromatic carbocycles. The average molecular weight is 1080 g/mol. The van der Waals surface area contributed by atoms with Gasteiger partial charge in [-0.2, -0.15) is 42.3 Å². The molecule has 0 amide bonds. The second-order valence-electron chi connectivity index (χ2n) is 19.7. The molecule has 2 saturated heterocycles. The zero-order chi connectivity index (χ0) is 53.2. The maximum Gasteiger partial charge on any atom is 1.00 e. The number of nitrogens with two attached hydrogens (primary N) is 1. The van der Waals surface area contributed by atoms with Gasteiger partial charge in [0.05, 0.1) is 24.3 Å². The predicted octanol–water partition coefficient (Wildman–Crippen LogP) is 4.55. The minimum atomic E-state index is -0.385. The number of amidine groups is 1. The molecule has 4 aliphatic rings. The van der Waals surface area contributed by atoms with Gasteiger partial charge in [-0.3, -0.25) is 30.0 Å². The van der Waals surface area contributed by atoms with E-state index in [0.717, 1.165) is 107 Å². The van der Waals surface area contributed by atoms with E-state index in [0.29, 0.717) is 48.2 Å². The summed E-state index contributed by atoms with van der Waals surface area (Å²) in [6.45, 7) is 36.8. The number of Topliss-reactive ketones (excluding diaryl/α,β-unsaturated/α-hetero) is 1. The Morgan fingerprint density at radius 1 is 1.04 bits per heavy atom. The van der Waals surface area contributed by atoms with Crippen molar-refractivity contribution in [3.8, 4) is 0 Å². The molecule has 75 heavy (non-hydrogen) atoms. The van der Waals surface area contributed by atoms with Crippen LogP contribution in [0.1, 0.15) is 141 Å². The molecule has 5 atom stereocenters. The third kappa shape index (κ3) is 24.0. The number of hydrogen-bond acceptors (Lipinski definition) is 11. The van der Waals surface area contributed by atoms with Gasteiger partial charge >= 0.3 is 103 Å². The number of piperazine rings is 1. The van der Waals surface area contributed by atoms with E-state index in [9.17, 15) is 14.4 Å². The van der Waals surface area contributed by atoms with Gasteiger partial charge in [-0.15, -0.1) is 18.2 Å². The van der Waals surface area contributed by atoms with E-state index < -0.39 is 0 Å². The maximum atomic E-state index is 12.3. The van der Waals surface area contributed by atoms with Gasteiger partial charge in [0.1, 0.15) is 17.9 Å². The van der Waals surface area contributed by atoms with Crippen LogP contribution >= 0.6 is 0 Å². The molecule has 2 aromatic rings. The van der Waals surface area contributed by atoms with Crippen molar-refractivity contribution in [2.75, 3.05) is 52.9 Å². The Labute approximate surface area is 541 Å². The summed E-state index contributed by atoms with van der Waals surface area (Å²) in [6.07, 6.45) is 26.1. The summed E-state index contributed by atoms with van der Waals surface area (Å²) in [4.78, 5) is 50.2. The van der Waals surface area contributed by atoms with Crippen molar-refractivity contribution < 1.29 is 122 Å². The summed E-state index contributed by atoms with van der Waals surface area (Å²) in [7, 11) is 1.74. The van der Waals surface area contributed by atoms with Crippen molar-refractivity contribution in [1.82, 2.24) is 25.5 Å². The van der Waals surface area contributed by atoms with E-state index in [4.69, 9.17) is 10.6 Å². The molecule has 0 spiro atoms. The number of piperidine rings is 1. The van der Waals surface area contributed by atoms with Crippen LogP contribution in [-0.4, -0.2) is 110 Å². The number of aldehydes is 1. The van der Waals surface area contributed by atoms with Gasteiger partial charge < -0.3 is 59.0 Å². The number of carbonyl (C=O) groups is 2. The van der Waals surface area contributed by atoms with Crippen molar-refractivity contribution in [2.45, 2.75) is 150 Å². The third-order valence-electron chi connectivity index (χ3n) is 14.9. The van der Waals surface area contributed by atoms with E-state index in [1.54, 1.807) is 14.0 Å². The Balaban J connectivity index is 0.00000115. The standard InChI is InChI=1S/C26H27N4O.C25H40N2O.C8H17NO2.C2H6.CH3.2K/c1-19(30-14-11-22(12-15-30)21-6-3-20(18-31)4-7-21)2-5-23-16-28-13-10-25(23)24-8-9-26(27)29-17-24;1-8-22(9-2)18-27-14-13-26(16-20(27)5)17-23-12-11-19(4)24(15-23)25(7,10-3)21(6)28;1-7(5-4-6-10)8(2)11-9-3;1-2;;;/h3-10,13,19,22,28H,11-12,14-15,17H2,1H3,(H2,27,29);11-12,15,20,22H,1-2,8-10,13-14,16-18H2,3-7H3;6-9H,4-5H2,1-3H3;1-2H3;1H3;;/q-3;-2;;;-1;2*+1/b25-24-;;;;;;. The molecule has 0 radical (unpaired) electrons. The fourth-order valence-corrected chi connectivity index (χ4v) is 9.45. The summed E-state index contributed by atoms with van der Waals surface area (Å²) in [5, 5.41) is 3.05. The Morgan fingerprint density at radius 2 is 1.71 bits per heavy atom. The number of benzene rings is 2. The fraction of sp³-hybridized carbons (Fsp3) is 0.532. The normalized spacial score (nSPS) is 19.9. The Bertz CT molecular complexity index is 2160. The van der Waals surface area contributed by atoms with Crippen LogP contribution < -0.4 is 119 Å². The van der Waals surface area contributed by atoms with Crippen LogP contribution in [0.3, 0.4) is 0 Å². The molecule has 11 nitrogen and oxygen atoms in total. The average Bonchev–Trinajstić information content (AvgIpc) is 3.41. The monoisotopic (exact) mass is 1080 g/mol. The number of aliphatic imine (C=N–C) groups is 1. The number of nitrogens with zero attached hydrogens (tertiary/aromatic N) is 4. The van der Waals surface area contributed by atoms with E-state index in [1.165, 1.54) is 22.3 Å². The van der Waals surface area contributed by atoms with Crippen LogP contribution in [0, 0.1) is 52.3 Å². The summed E-state index contributed by atoms with van der Waals surface area (Å²) >= 11 is 0. The molecule has 0 aliphatic carbocycles. The first-order valence-corrected chi connectivity index (χ1v) is 26.6. The van der Waals surface area contributed by atoms with Crippen molar-refractivity contribution in [3.63, 3.8) is 0 Å². The number of aryl methyl sites for hydroxylation is 1. The first-order chi connectivity index (χ1) is 34.6. The summed E-state index contributed by atoms with van der Waals surface area (Å²) in [5.41, 5.74) is 16.8. The third-order valence-corrected chi connectivity index (χ3v) is 14.9. The number of hydroxylamine groups is 1. The molecule has 406 valence electrons. The molecule has 5 unspecified atom stereocenters. The predicted molar refractivity (Wildman–Crippen MR) is 305 cm³/mol. The number of likely N-dealkylation sites (tertiary alicyclic amines) is 1. The fourth-order valence-electron chi connectivity index (χ4n) is 9.45. The van der Waals surface area contributed by atoms with Gasteiger partial charge in [-0.05, 0) is 115 Å². The number of rotatable bonds is 20. The summed E-state index contributed by atoms with van der Waals surface area (Å²) < 4.78 is 0. The van der Waals surface area contributed by atoms with Crippen molar-refractivity contribution >= 4 is 24.2 Å². The molecule has 6 rings (SSSR count). The van der Waals surface area contributed by atoms with Crippen molar-refractivity contribution in [3.05, 3.63) is 151 Å². The smallest absolute Gasteiger partial charge is 0.463 e. The molecule has 13 heteroatoms. The van der Waals surface area contributed by atoms with E-state index >= 15 is 0 Å². The number of dihydropyridines is 2. The van der Waals surface area contributed by atoms with Crippen LogP contribution in [0.4, 0.5) is 0 Å². The molecular weight excluding hydrogens is 985 g/mol. The number of ketones is 1. The number of nitrogens with one attached hydrogen (secondary N) is 2. The van der Waals surface area contributed by atoms with Crippen LogP contribution in [0.5, 0.6) is 0 Å². The first kappa shape index (κ1) is 73.5. The van der Waals surface area contributed by atoms with Gasteiger partial charge in [-0.25, -0.2) is 5.48 Å². The van der Waals surface area contributed by atoms with Gasteiger partial charge in [0.25, 0.3) is 0 Å². The molecule has 0 aromatic heterocycles.